The molecule has 0 N–H and O–H groups in total. The van der Waals surface area contributed by atoms with Crippen LogP contribution < -0.4 is 9.47 Å². The zero-order chi connectivity index (χ0) is 15.6. The van der Waals surface area contributed by atoms with Gasteiger partial charge in [-0.3, -0.25) is 0 Å². The molecular weight excluding hydrogens is 284 g/mol. The number of hydrogen-bond donors (Lipinski definition) is 0. The van der Waals surface area contributed by atoms with E-state index in [9.17, 15) is 22.4 Å². The van der Waals surface area contributed by atoms with Crippen LogP contribution >= 0.6 is 0 Å². The molecule has 1 rings (SSSR count). The molecule has 0 heterocycles. The van der Waals surface area contributed by atoms with Crippen molar-refractivity contribution in [3.8, 4) is 11.5 Å². The molecule has 1 aromatic rings. The largest absolute Gasteiger partial charge is 0.493 e. The second-order valence-electron chi connectivity index (χ2n) is 3.72. The summed E-state index contributed by atoms with van der Waals surface area (Å²) in [7, 11) is 3.11. The smallest absolute Gasteiger partial charge is 0.437 e. The molecule has 0 radical (unpaired) electrons. The van der Waals surface area contributed by atoms with Gasteiger partial charge in [-0.1, -0.05) is 6.07 Å². The molecule has 0 aliphatic carbocycles. The van der Waals surface area contributed by atoms with Crippen molar-refractivity contribution in [2.45, 2.75) is 11.8 Å². The molecule has 0 aliphatic rings. The second-order valence-corrected chi connectivity index (χ2v) is 3.72. The number of rotatable bonds is 4. The first-order chi connectivity index (χ1) is 9.22. The minimum Gasteiger partial charge on any atom is -0.493 e. The Balaban J connectivity index is 3.47. The van der Waals surface area contributed by atoms with Crippen molar-refractivity contribution in [2.75, 3.05) is 21.3 Å². The lowest BCUT2D eigenvalue weighted by molar-refractivity contribution is -0.242. The second kappa shape index (κ2) is 5.56. The van der Waals surface area contributed by atoms with E-state index in [0.29, 0.717) is 7.11 Å². The van der Waals surface area contributed by atoms with Crippen LogP contribution in [0.4, 0.5) is 17.6 Å². The third kappa shape index (κ3) is 2.50. The maximum atomic E-state index is 14.3. The standard InChI is InChI=1S/C12H12F4O4/c1-18-8-5-4-7(6-9(8)19-2)11(13,10(17)20-3)12(14,15)16/h4-6H,1-3H3/t11-/m0/s1. The fourth-order valence-electron chi connectivity index (χ4n) is 1.59. The van der Waals surface area contributed by atoms with Crippen LogP contribution in [0.25, 0.3) is 0 Å². The van der Waals surface area contributed by atoms with Crippen molar-refractivity contribution >= 4 is 5.97 Å². The predicted octanol–water partition coefficient (Wildman–Crippen LogP) is 2.60. The summed E-state index contributed by atoms with van der Waals surface area (Å²) in [5, 5.41) is 0. The van der Waals surface area contributed by atoms with E-state index in [1.807, 2.05) is 0 Å². The number of carbonyl (C=O) groups excluding carboxylic acids is 1. The number of esters is 1. The number of carbonyl (C=O) groups is 1. The molecule has 0 unspecified atom stereocenters. The normalized spacial score (nSPS) is 14.3. The van der Waals surface area contributed by atoms with Crippen LogP contribution in [0, 0.1) is 0 Å². The van der Waals surface area contributed by atoms with Crippen LogP contribution in [0.15, 0.2) is 18.2 Å². The third-order valence-electron chi connectivity index (χ3n) is 2.64. The third-order valence-corrected chi connectivity index (χ3v) is 2.64. The van der Waals surface area contributed by atoms with E-state index >= 15 is 0 Å². The number of hydrogen-bond acceptors (Lipinski definition) is 4. The van der Waals surface area contributed by atoms with Crippen molar-refractivity contribution in [1.82, 2.24) is 0 Å². The number of methoxy groups -OCH3 is 3. The lowest BCUT2D eigenvalue weighted by atomic mass is 9.94. The van der Waals surface area contributed by atoms with Gasteiger partial charge >= 0.3 is 17.8 Å². The fourth-order valence-corrected chi connectivity index (χ4v) is 1.59. The fraction of sp³-hybridized carbons (Fsp3) is 0.417. The summed E-state index contributed by atoms with van der Waals surface area (Å²) in [4.78, 5) is 11.2. The van der Waals surface area contributed by atoms with E-state index in [2.05, 4.69) is 4.74 Å². The van der Waals surface area contributed by atoms with Gasteiger partial charge in [0.15, 0.2) is 11.5 Å². The molecule has 1 atom stereocenters. The highest BCUT2D eigenvalue weighted by Crippen LogP contribution is 2.45. The van der Waals surface area contributed by atoms with Gasteiger partial charge in [0.25, 0.3) is 0 Å². The average Bonchev–Trinajstić information content (AvgIpc) is 2.43. The monoisotopic (exact) mass is 296 g/mol. The molecule has 0 bridgehead atoms. The summed E-state index contributed by atoms with van der Waals surface area (Å²) in [5.41, 5.74) is -5.23. The Kier molecular flexibility index (Phi) is 4.46. The maximum absolute atomic E-state index is 14.3. The van der Waals surface area contributed by atoms with E-state index in [1.165, 1.54) is 14.2 Å². The lowest BCUT2D eigenvalue weighted by Gasteiger charge is -2.26. The number of halogens is 4. The molecule has 0 saturated carbocycles. The van der Waals surface area contributed by atoms with E-state index in [0.717, 1.165) is 18.2 Å². The molecule has 0 fully saturated rings. The topological polar surface area (TPSA) is 44.8 Å². The molecule has 0 aliphatic heterocycles. The quantitative estimate of drug-likeness (QED) is 0.633. The Labute approximate surface area is 112 Å². The van der Waals surface area contributed by atoms with Crippen molar-refractivity contribution in [2.24, 2.45) is 0 Å². The van der Waals surface area contributed by atoms with Gasteiger partial charge in [0, 0.05) is 5.56 Å². The summed E-state index contributed by atoms with van der Waals surface area (Å²) in [5.74, 6) is -2.09. The predicted molar refractivity (Wildman–Crippen MR) is 60.4 cm³/mol. The summed E-state index contributed by atoms with van der Waals surface area (Å²) in [6.45, 7) is 0. The molecule has 20 heavy (non-hydrogen) atoms. The van der Waals surface area contributed by atoms with Crippen LogP contribution in [-0.4, -0.2) is 33.5 Å². The van der Waals surface area contributed by atoms with Crippen LogP contribution in [0.1, 0.15) is 5.56 Å². The molecule has 8 heteroatoms. The van der Waals surface area contributed by atoms with Crippen LogP contribution in [0.5, 0.6) is 11.5 Å². The van der Waals surface area contributed by atoms with Crippen LogP contribution in [-0.2, 0) is 15.2 Å². The van der Waals surface area contributed by atoms with Gasteiger partial charge in [0.2, 0.25) is 0 Å². The SMILES string of the molecule is COC(=O)[C@@](F)(c1ccc(OC)c(OC)c1)C(F)(F)F. The molecule has 0 spiro atoms. The molecule has 0 amide bonds. The van der Waals surface area contributed by atoms with Gasteiger partial charge in [0.05, 0.1) is 21.3 Å². The summed E-state index contributed by atoms with van der Waals surface area (Å²) in [6.07, 6.45) is -5.47. The minimum atomic E-state index is -5.47. The van der Waals surface area contributed by atoms with E-state index in [4.69, 9.17) is 9.47 Å². The van der Waals surface area contributed by atoms with Gasteiger partial charge in [-0.05, 0) is 12.1 Å². The van der Waals surface area contributed by atoms with Crippen molar-refractivity contribution in [3.05, 3.63) is 23.8 Å². The lowest BCUT2D eigenvalue weighted by Crippen LogP contribution is -2.46. The summed E-state index contributed by atoms with van der Waals surface area (Å²) < 4.78 is 66.5. The van der Waals surface area contributed by atoms with Gasteiger partial charge < -0.3 is 14.2 Å². The first-order valence-electron chi connectivity index (χ1n) is 5.29. The Morgan fingerprint density at radius 3 is 1.95 bits per heavy atom. The Bertz CT molecular complexity index is 501. The van der Waals surface area contributed by atoms with Crippen molar-refractivity contribution in [1.29, 1.82) is 0 Å². The number of benzene rings is 1. The summed E-state index contributed by atoms with van der Waals surface area (Å²) in [6, 6.07) is 2.59. The van der Waals surface area contributed by atoms with E-state index in [-0.39, 0.29) is 11.5 Å². The highest BCUT2D eigenvalue weighted by atomic mass is 19.4. The Morgan fingerprint density at radius 2 is 1.55 bits per heavy atom. The number of ether oxygens (including phenoxy) is 3. The Hall–Kier alpha value is -1.99. The van der Waals surface area contributed by atoms with Gasteiger partial charge in [-0.25, -0.2) is 9.18 Å². The molecule has 0 aromatic heterocycles. The zero-order valence-corrected chi connectivity index (χ0v) is 10.9. The highest BCUT2D eigenvalue weighted by Gasteiger charge is 2.64. The molecule has 112 valence electrons. The Morgan fingerprint density at radius 1 is 1.00 bits per heavy atom. The van der Waals surface area contributed by atoms with E-state index in [1.54, 1.807) is 0 Å². The number of alkyl halides is 4. The van der Waals surface area contributed by atoms with Crippen LogP contribution in [0.2, 0.25) is 0 Å². The highest BCUT2D eigenvalue weighted by molar-refractivity contribution is 5.82. The molecule has 0 saturated heterocycles. The molecular formula is C12H12F4O4. The summed E-state index contributed by atoms with van der Waals surface area (Å²) >= 11 is 0. The molecule has 1 aromatic carbocycles. The first-order valence-corrected chi connectivity index (χ1v) is 5.29. The van der Waals surface area contributed by atoms with Crippen LogP contribution in [0.3, 0.4) is 0 Å². The van der Waals surface area contributed by atoms with Gasteiger partial charge in [-0.15, -0.1) is 0 Å². The molecule has 4 nitrogen and oxygen atoms in total. The minimum absolute atomic E-state index is 0.102. The van der Waals surface area contributed by atoms with Gasteiger partial charge in [-0.2, -0.15) is 13.2 Å². The average molecular weight is 296 g/mol. The first kappa shape index (κ1) is 16.1. The maximum Gasteiger partial charge on any atom is 0.437 e. The van der Waals surface area contributed by atoms with Gasteiger partial charge in [0.1, 0.15) is 0 Å². The van der Waals surface area contributed by atoms with E-state index < -0.39 is 23.4 Å². The zero-order valence-electron chi connectivity index (χ0n) is 10.9. The van der Waals surface area contributed by atoms with Crippen molar-refractivity contribution < 1.29 is 36.6 Å². The van der Waals surface area contributed by atoms with Crippen molar-refractivity contribution in [3.63, 3.8) is 0 Å².